The number of aliphatic hydroxyl groups excluding tert-OH is 1. The maximum Gasteiger partial charge on any atom is 0.481 e. The van der Waals surface area contributed by atoms with Crippen LogP contribution in [0.25, 0.3) is 11.2 Å². The number of aryl methyl sites for hydroxylation is 1. The third-order valence-electron chi connectivity index (χ3n) is 4.26. The number of rotatable bonds is 7. The van der Waals surface area contributed by atoms with Gasteiger partial charge in [-0.3, -0.25) is 18.9 Å². The molecule has 16 nitrogen and oxygen atoms in total. The Morgan fingerprint density at radius 1 is 1.40 bits per heavy atom. The Hall–Kier alpha value is -1.71. The van der Waals surface area contributed by atoms with E-state index in [1.54, 1.807) is 7.05 Å². The van der Waals surface area contributed by atoms with Crippen molar-refractivity contribution in [2.75, 3.05) is 19.5 Å². The molecule has 3 rings (SSSR count). The second kappa shape index (κ2) is 8.09. The normalized spacial score (nSPS) is 26.9. The number of nitrogens with one attached hydrogen (secondary N) is 1. The van der Waals surface area contributed by atoms with Crippen LogP contribution < -0.4 is 15.9 Å². The molecule has 18 heteroatoms. The van der Waals surface area contributed by atoms with E-state index in [9.17, 15) is 23.9 Å². The monoisotopic (exact) mass is 472 g/mol. The van der Waals surface area contributed by atoms with E-state index in [0.717, 1.165) is 0 Å². The first-order valence-corrected chi connectivity index (χ1v) is 11.2. The molecule has 168 valence electrons. The smallest absolute Gasteiger partial charge is 0.384 e. The highest BCUT2D eigenvalue weighted by atomic mass is 31.3. The van der Waals surface area contributed by atoms with Crippen LogP contribution in [0.3, 0.4) is 0 Å². The molecule has 1 aliphatic rings. The highest BCUT2D eigenvalue weighted by molar-refractivity contribution is 7.60. The van der Waals surface area contributed by atoms with Crippen LogP contribution in [0.2, 0.25) is 0 Å². The first kappa shape index (κ1) is 23.0. The predicted molar refractivity (Wildman–Crippen MR) is 95.6 cm³/mol. The van der Waals surface area contributed by atoms with Crippen LogP contribution in [0.5, 0.6) is 0 Å². The summed E-state index contributed by atoms with van der Waals surface area (Å²) in [6.07, 6.45) is -3.32. The Balaban J connectivity index is 1.87. The maximum absolute atomic E-state index is 12.1. The van der Waals surface area contributed by atoms with Gasteiger partial charge < -0.3 is 35.0 Å². The van der Waals surface area contributed by atoms with E-state index in [1.807, 2.05) is 0 Å². The Morgan fingerprint density at radius 3 is 2.67 bits per heavy atom. The number of imidazole rings is 1. The lowest BCUT2D eigenvalue weighted by Gasteiger charge is -2.19. The van der Waals surface area contributed by atoms with Gasteiger partial charge in [0.25, 0.3) is 11.5 Å². The molecule has 0 spiro atoms. The Morgan fingerprint density at radius 2 is 2.07 bits per heavy atom. The summed E-state index contributed by atoms with van der Waals surface area (Å²) in [6, 6.07) is 0. The fourth-order valence-electron chi connectivity index (χ4n) is 3.16. The summed E-state index contributed by atoms with van der Waals surface area (Å²) in [5.41, 5.74) is 5.30. The van der Waals surface area contributed by atoms with Gasteiger partial charge in [0.15, 0.2) is 6.33 Å². The van der Waals surface area contributed by atoms with Crippen molar-refractivity contribution >= 4 is 32.8 Å². The number of aromatic nitrogens is 4. The number of nitrogen functional groups attached to an aromatic ring is 1. The summed E-state index contributed by atoms with van der Waals surface area (Å²) in [7, 11) is -7.62. The summed E-state index contributed by atoms with van der Waals surface area (Å²) in [5, 5.41) is 10.6. The fraction of sp³-hybridized carbons (Fsp3) is 0.583. The zero-order chi connectivity index (χ0) is 22.4. The molecule has 0 radical (unpaired) electrons. The lowest BCUT2D eigenvalue weighted by Crippen LogP contribution is -2.46. The highest BCUT2D eigenvalue weighted by Crippen LogP contribution is 2.57. The summed E-state index contributed by atoms with van der Waals surface area (Å²) in [6.45, 7) is -0.721. The van der Waals surface area contributed by atoms with Crippen molar-refractivity contribution in [3.63, 3.8) is 0 Å². The molecule has 0 bridgehead atoms. The molecule has 1 fully saturated rings. The zero-order valence-electron chi connectivity index (χ0n) is 15.6. The number of aromatic amines is 1. The number of anilines is 1. The molecule has 2 aromatic rings. The number of H-pyrrole nitrogens is 1. The number of phosphoric acid groups is 2. The second-order valence-electron chi connectivity index (χ2n) is 6.35. The van der Waals surface area contributed by atoms with E-state index in [0.29, 0.717) is 0 Å². The number of nitrogens with two attached hydrogens (primary N) is 1. The number of methoxy groups -OCH3 is 1. The van der Waals surface area contributed by atoms with Gasteiger partial charge in [-0.25, -0.2) is 13.7 Å². The van der Waals surface area contributed by atoms with Gasteiger partial charge in [0.05, 0.1) is 13.7 Å². The summed E-state index contributed by atoms with van der Waals surface area (Å²) < 4.78 is 44.3. The van der Waals surface area contributed by atoms with Gasteiger partial charge in [-0.2, -0.15) is 4.31 Å². The Labute approximate surface area is 167 Å². The molecule has 0 aromatic carbocycles. The van der Waals surface area contributed by atoms with Crippen molar-refractivity contribution in [3.05, 3.63) is 16.7 Å². The SMILES string of the molecule is COC1C(COP(=O)(O)OP(=O)(O)O)OC([n+]2cn(C)c3c(=O)[nH]c(N)nc32)C1O. The number of hydrogen-bond donors (Lipinski definition) is 6. The molecule has 0 saturated carbocycles. The minimum atomic E-state index is -5.30. The standard InChI is InChI=1S/C12H19N5O11P2/c1-16-4-17(9-6(16)10(19)15-12(13)14-9)11-7(18)8(25-2)5(27-11)3-26-30(23,24)28-29(20,21)22/h4-5,7-8,11,18H,3H2,1-2H3,(H5-,13,14,15,19,20,21,22,23,24)/p+1. The minimum absolute atomic E-state index is 0.0943. The van der Waals surface area contributed by atoms with Crippen LogP contribution in [-0.4, -0.2) is 66.4 Å². The number of nitrogens with zero attached hydrogens (tertiary/aromatic N) is 3. The summed E-state index contributed by atoms with van der Waals surface area (Å²) in [5.74, 6) is -0.168. The first-order valence-electron chi connectivity index (χ1n) is 8.19. The largest absolute Gasteiger partial charge is 0.481 e. The van der Waals surface area contributed by atoms with Crippen LogP contribution in [0.4, 0.5) is 5.95 Å². The van der Waals surface area contributed by atoms with Crippen LogP contribution in [0.15, 0.2) is 11.1 Å². The average Bonchev–Trinajstić information content (AvgIpc) is 3.07. The molecule has 2 aromatic heterocycles. The van der Waals surface area contributed by atoms with E-state index in [2.05, 4.69) is 18.8 Å². The molecule has 5 atom stereocenters. The Bertz CT molecular complexity index is 1100. The predicted octanol–water partition coefficient (Wildman–Crippen LogP) is -2.37. The first-order chi connectivity index (χ1) is 13.8. The van der Waals surface area contributed by atoms with Gasteiger partial charge in [-0.1, -0.05) is 4.98 Å². The van der Waals surface area contributed by atoms with E-state index in [1.165, 1.54) is 22.6 Å². The number of aliphatic hydroxyl groups is 1. The zero-order valence-corrected chi connectivity index (χ0v) is 17.3. The van der Waals surface area contributed by atoms with Gasteiger partial charge in [0, 0.05) is 7.11 Å². The summed E-state index contributed by atoms with van der Waals surface area (Å²) >= 11 is 0. The Kier molecular flexibility index (Phi) is 6.19. The van der Waals surface area contributed by atoms with Crippen molar-refractivity contribution in [2.24, 2.45) is 7.05 Å². The molecule has 1 aliphatic heterocycles. The van der Waals surface area contributed by atoms with Crippen molar-refractivity contribution in [1.82, 2.24) is 14.5 Å². The van der Waals surface area contributed by atoms with Gasteiger partial charge in [-0.15, -0.1) is 0 Å². The molecule has 0 amide bonds. The van der Waals surface area contributed by atoms with Crippen molar-refractivity contribution in [2.45, 2.75) is 24.5 Å². The number of phosphoric ester groups is 1. The molecule has 30 heavy (non-hydrogen) atoms. The quantitative estimate of drug-likeness (QED) is 0.183. The number of fused-ring (bicyclic) bond motifs is 1. The van der Waals surface area contributed by atoms with Gasteiger partial charge >= 0.3 is 21.3 Å². The van der Waals surface area contributed by atoms with Gasteiger partial charge in [0.1, 0.15) is 18.3 Å². The third kappa shape index (κ3) is 4.63. The van der Waals surface area contributed by atoms with Crippen molar-refractivity contribution < 1.29 is 51.8 Å². The number of hydrogen-bond acceptors (Lipinski definition) is 10. The van der Waals surface area contributed by atoms with Crippen molar-refractivity contribution in [3.8, 4) is 0 Å². The fourth-order valence-corrected chi connectivity index (χ4v) is 4.75. The minimum Gasteiger partial charge on any atom is -0.384 e. The molecule has 5 unspecified atom stereocenters. The second-order valence-corrected chi connectivity index (χ2v) is 9.18. The van der Waals surface area contributed by atoms with Crippen LogP contribution in [0, 0.1) is 0 Å². The molecular formula is C12H20N5O11P2+. The topological polar surface area (TPSA) is 233 Å². The van der Waals surface area contributed by atoms with Crippen LogP contribution in [-0.2, 0) is 34.5 Å². The molecule has 0 aliphatic carbocycles. The number of ether oxygens (including phenoxy) is 2. The average molecular weight is 472 g/mol. The lowest BCUT2D eigenvalue weighted by molar-refractivity contribution is -0.745. The van der Waals surface area contributed by atoms with Crippen LogP contribution >= 0.6 is 15.6 Å². The molecule has 7 N–H and O–H groups in total. The molecule has 3 heterocycles. The van der Waals surface area contributed by atoms with Gasteiger partial charge in [-0.05, 0) is 0 Å². The third-order valence-corrected chi connectivity index (χ3v) is 6.41. The van der Waals surface area contributed by atoms with Crippen LogP contribution in [0.1, 0.15) is 6.23 Å². The molecule has 1 saturated heterocycles. The van der Waals surface area contributed by atoms with Gasteiger partial charge in [0.2, 0.25) is 11.7 Å². The highest BCUT2D eigenvalue weighted by Gasteiger charge is 2.49. The van der Waals surface area contributed by atoms with E-state index < -0.39 is 52.4 Å². The van der Waals surface area contributed by atoms with E-state index in [4.69, 9.17) is 25.0 Å². The van der Waals surface area contributed by atoms with E-state index in [-0.39, 0.29) is 17.1 Å². The summed E-state index contributed by atoms with van der Waals surface area (Å²) in [4.78, 5) is 45.3. The molecular weight excluding hydrogens is 452 g/mol. The maximum atomic E-state index is 12.1. The van der Waals surface area contributed by atoms with Crippen molar-refractivity contribution in [1.29, 1.82) is 0 Å². The van der Waals surface area contributed by atoms with E-state index >= 15 is 0 Å². The lowest BCUT2D eigenvalue weighted by atomic mass is 10.1.